The molecule has 4 rings (SSSR count). The van der Waals surface area contributed by atoms with Crippen molar-refractivity contribution in [1.29, 1.82) is 0 Å². The molecule has 0 unspecified atom stereocenters. The first-order valence-corrected chi connectivity index (χ1v) is 9.14. The summed E-state index contributed by atoms with van der Waals surface area (Å²) in [6.07, 6.45) is 0.232. The number of piperidine rings is 1. The molecule has 3 aromatic rings. The van der Waals surface area contributed by atoms with E-state index < -0.39 is 6.10 Å². The number of nitrogens with zero attached hydrogens (tertiary/aromatic N) is 1. The molecule has 0 saturated carbocycles. The fourth-order valence-electron chi connectivity index (χ4n) is 3.90. The lowest BCUT2D eigenvalue weighted by Gasteiger charge is -2.36. The van der Waals surface area contributed by atoms with Crippen LogP contribution in [-0.2, 0) is 0 Å². The molecule has 0 radical (unpaired) electrons. The number of β-amino-alcohol motifs (C(OH)–C–C–N with tert-alkyl or cyclic N) is 1. The summed E-state index contributed by atoms with van der Waals surface area (Å²) < 4.78 is 0. The number of hydrogen-bond acceptors (Lipinski definition) is 2. The van der Waals surface area contributed by atoms with Crippen LogP contribution in [-0.4, -0.2) is 35.1 Å². The number of benzene rings is 3. The van der Waals surface area contributed by atoms with Crippen molar-refractivity contribution in [2.45, 2.75) is 25.4 Å². The van der Waals surface area contributed by atoms with Crippen molar-refractivity contribution in [3.05, 3.63) is 83.4 Å². The van der Waals surface area contributed by atoms with E-state index in [2.05, 4.69) is 30.3 Å². The van der Waals surface area contributed by atoms with E-state index in [9.17, 15) is 9.90 Å². The lowest BCUT2D eigenvalue weighted by atomic mass is 9.86. The van der Waals surface area contributed by atoms with Gasteiger partial charge in [0.25, 0.3) is 5.91 Å². The number of fused-ring (bicyclic) bond motifs is 1. The number of aryl methyl sites for hydroxylation is 1. The predicted molar refractivity (Wildman–Crippen MR) is 104 cm³/mol. The third kappa shape index (κ3) is 3.23. The summed E-state index contributed by atoms with van der Waals surface area (Å²) in [6, 6.07) is 22.3. The van der Waals surface area contributed by atoms with E-state index in [-0.39, 0.29) is 11.8 Å². The zero-order chi connectivity index (χ0) is 18.1. The van der Waals surface area contributed by atoms with Gasteiger partial charge in [0.1, 0.15) is 0 Å². The quantitative estimate of drug-likeness (QED) is 0.758. The first-order chi connectivity index (χ1) is 12.6. The summed E-state index contributed by atoms with van der Waals surface area (Å²) in [6.45, 7) is 3.03. The number of aliphatic hydroxyl groups excluding tert-OH is 1. The molecule has 1 N–H and O–H groups in total. The lowest BCUT2D eigenvalue weighted by Crippen LogP contribution is -2.45. The molecule has 132 valence electrons. The Bertz CT molecular complexity index is 950. The first kappa shape index (κ1) is 16.8. The largest absolute Gasteiger partial charge is 0.391 e. The molecule has 1 heterocycles. The fraction of sp³-hybridized carbons (Fsp3) is 0.261. The fourth-order valence-corrected chi connectivity index (χ4v) is 3.90. The molecule has 1 fully saturated rings. The summed E-state index contributed by atoms with van der Waals surface area (Å²) in [7, 11) is 0. The molecule has 3 heteroatoms. The van der Waals surface area contributed by atoms with E-state index in [0.717, 1.165) is 17.5 Å². The molecular weight excluding hydrogens is 322 g/mol. The Balaban J connectivity index is 1.51. The van der Waals surface area contributed by atoms with E-state index in [4.69, 9.17) is 0 Å². The van der Waals surface area contributed by atoms with E-state index in [1.165, 1.54) is 10.8 Å². The zero-order valence-corrected chi connectivity index (χ0v) is 14.9. The minimum atomic E-state index is -0.543. The third-order valence-electron chi connectivity index (χ3n) is 5.34. The molecule has 1 saturated heterocycles. The summed E-state index contributed by atoms with van der Waals surface area (Å²) in [4.78, 5) is 14.5. The molecule has 0 bridgehead atoms. The normalized spacial score (nSPS) is 20.3. The predicted octanol–water partition coefficient (Wildman–Crippen LogP) is 4.14. The average molecular weight is 345 g/mol. The Labute approximate surface area is 153 Å². The van der Waals surface area contributed by atoms with Crippen LogP contribution < -0.4 is 0 Å². The molecule has 3 nitrogen and oxygen atoms in total. The van der Waals surface area contributed by atoms with Crippen LogP contribution in [0.4, 0.5) is 0 Å². The molecule has 1 aliphatic rings. The van der Waals surface area contributed by atoms with Crippen LogP contribution in [0.15, 0.2) is 66.7 Å². The van der Waals surface area contributed by atoms with Crippen molar-refractivity contribution in [2.24, 2.45) is 0 Å². The minimum absolute atomic E-state index is 0.00436. The minimum Gasteiger partial charge on any atom is -0.391 e. The monoisotopic (exact) mass is 345 g/mol. The van der Waals surface area contributed by atoms with Gasteiger partial charge in [-0.05, 0) is 41.8 Å². The van der Waals surface area contributed by atoms with Gasteiger partial charge in [-0.2, -0.15) is 0 Å². The van der Waals surface area contributed by atoms with Crippen molar-refractivity contribution >= 4 is 16.7 Å². The number of likely N-dealkylation sites (tertiary alicyclic amines) is 1. The molecule has 1 amide bonds. The Morgan fingerprint density at radius 3 is 2.58 bits per heavy atom. The van der Waals surface area contributed by atoms with Gasteiger partial charge in [-0.25, -0.2) is 0 Å². The van der Waals surface area contributed by atoms with Gasteiger partial charge in [-0.3, -0.25) is 4.79 Å². The Kier molecular flexibility index (Phi) is 4.48. The first-order valence-electron chi connectivity index (χ1n) is 9.14. The van der Waals surface area contributed by atoms with Gasteiger partial charge < -0.3 is 10.0 Å². The smallest absolute Gasteiger partial charge is 0.253 e. The molecule has 3 aromatic carbocycles. The van der Waals surface area contributed by atoms with Crippen LogP contribution in [0.5, 0.6) is 0 Å². The second-order valence-electron chi connectivity index (χ2n) is 7.19. The highest BCUT2D eigenvalue weighted by atomic mass is 16.3. The van der Waals surface area contributed by atoms with Crippen molar-refractivity contribution in [1.82, 2.24) is 4.90 Å². The van der Waals surface area contributed by atoms with Crippen LogP contribution in [0.2, 0.25) is 0 Å². The molecule has 2 atom stereocenters. The van der Waals surface area contributed by atoms with Crippen molar-refractivity contribution < 1.29 is 9.90 Å². The molecule has 0 aliphatic carbocycles. The van der Waals surface area contributed by atoms with Gasteiger partial charge in [-0.1, -0.05) is 60.2 Å². The topological polar surface area (TPSA) is 40.5 Å². The highest BCUT2D eigenvalue weighted by Crippen LogP contribution is 2.31. The van der Waals surface area contributed by atoms with Gasteiger partial charge in [0.15, 0.2) is 0 Å². The van der Waals surface area contributed by atoms with E-state index in [1.807, 2.05) is 43.3 Å². The van der Waals surface area contributed by atoms with Gasteiger partial charge >= 0.3 is 0 Å². The molecule has 0 spiro atoms. The standard InChI is InChI=1S/C23H23NO2/c1-16-5-4-8-20(13-16)23(26)24-12-11-21(22(25)15-24)19-10-9-17-6-2-3-7-18(17)14-19/h2-10,13-14,21-22,25H,11-12,15H2,1H3/t21-,22+/m1/s1. The zero-order valence-electron chi connectivity index (χ0n) is 14.9. The molecule has 1 aliphatic heterocycles. The number of hydrogen-bond donors (Lipinski definition) is 1. The molecule has 26 heavy (non-hydrogen) atoms. The van der Waals surface area contributed by atoms with E-state index >= 15 is 0 Å². The summed E-state index contributed by atoms with van der Waals surface area (Å²) >= 11 is 0. The van der Waals surface area contributed by atoms with Crippen LogP contribution in [0, 0.1) is 6.92 Å². The number of amides is 1. The van der Waals surface area contributed by atoms with Crippen LogP contribution >= 0.6 is 0 Å². The van der Waals surface area contributed by atoms with E-state index in [1.54, 1.807) is 4.90 Å². The second kappa shape index (κ2) is 6.93. The molecular formula is C23H23NO2. The van der Waals surface area contributed by atoms with Crippen LogP contribution in [0.25, 0.3) is 10.8 Å². The van der Waals surface area contributed by atoms with Crippen molar-refractivity contribution in [2.75, 3.05) is 13.1 Å². The van der Waals surface area contributed by atoms with E-state index in [0.29, 0.717) is 18.7 Å². The van der Waals surface area contributed by atoms with Gasteiger partial charge in [0.05, 0.1) is 6.10 Å². The Hall–Kier alpha value is -2.65. The van der Waals surface area contributed by atoms with Crippen LogP contribution in [0.3, 0.4) is 0 Å². The number of rotatable bonds is 2. The Morgan fingerprint density at radius 2 is 1.81 bits per heavy atom. The highest BCUT2D eigenvalue weighted by molar-refractivity contribution is 5.94. The highest BCUT2D eigenvalue weighted by Gasteiger charge is 2.31. The second-order valence-corrected chi connectivity index (χ2v) is 7.19. The van der Waals surface area contributed by atoms with Gasteiger partial charge in [-0.15, -0.1) is 0 Å². The molecule has 0 aromatic heterocycles. The van der Waals surface area contributed by atoms with Gasteiger partial charge in [0, 0.05) is 24.6 Å². The van der Waals surface area contributed by atoms with Gasteiger partial charge in [0.2, 0.25) is 0 Å². The average Bonchev–Trinajstić information content (AvgIpc) is 2.67. The maximum absolute atomic E-state index is 12.7. The Morgan fingerprint density at radius 1 is 1.00 bits per heavy atom. The maximum atomic E-state index is 12.7. The third-order valence-corrected chi connectivity index (χ3v) is 5.34. The summed E-state index contributed by atoms with van der Waals surface area (Å²) in [5.41, 5.74) is 2.92. The number of aliphatic hydroxyl groups is 1. The van der Waals surface area contributed by atoms with Crippen molar-refractivity contribution in [3.63, 3.8) is 0 Å². The number of carbonyl (C=O) groups is 1. The number of carbonyl (C=O) groups excluding carboxylic acids is 1. The maximum Gasteiger partial charge on any atom is 0.253 e. The summed E-state index contributed by atoms with van der Waals surface area (Å²) in [5.74, 6) is 0.0749. The lowest BCUT2D eigenvalue weighted by molar-refractivity contribution is 0.0382. The summed E-state index contributed by atoms with van der Waals surface area (Å²) in [5, 5.41) is 13.1. The van der Waals surface area contributed by atoms with Crippen molar-refractivity contribution in [3.8, 4) is 0 Å². The van der Waals surface area contributed by atoms with Crippen LogP contribution in [0.1, 0.15) is 33.8 Å². The SMILES string of the molecule is Cc1cccc(C(=O)N2CC[C@H](c3ccc4ccccc4c3)[C@@H](O)C2)c1.